The van der Waals surface area contributed by atoms with Gasteiger partial charge in [-0.2, -0.15) is 0 Å². The van der Waals surface area contributed by atoms with E-state index in [1.54, 1.807) is 10.6 Å². The third-order valence-corrected chi connectivity index (χ3v) is 2.05. The van der Waals surface area contributed by atoms with E-state index < -0.39 is 0 Å². The van der Waals surface area contributed by atoms with Crippen LogP contribution >= 0.6 is 27.5 Å². The number of fused-ring (bicyclic) bond motifs is 1. The highest BCUT2D eigenvalue weighted by atomic mass is 79.9. The summed E-state index contributed by atoms with van der Waals surface area (Å²) in [6, 6.07) is 0. The Balaban J connectivity index is 2.96. The van der Waals surface area contributed by atoms with Gasteiger partial charge in [0.25, 0.3) is 0 Å². The van der Waals surface area contributed by atoms with Crippen LogP contribution in [0, 0.1) is 0 Å². The summed E-state index contributed by atoms with van der Waals surface area (Å²) < 4.78 is 2.35. The molecule has 4 nitrogen and oxygen atoms in total. The summed E-state index contributed by atoms with van der Waals surface area (Å²) in [5.41, 5.74) is 0. The maximum atomic E-state index is 5.75. The molecule has 0 aromatic carbocycles. The third kappa shape index (κ3) is 1.00. The SMILES string of the molecule is Clc1ncnc2ncc(Br)n12. The summed E-state index contributed by atoms with van der Waals surface area (Å²) in [4.78, 5) is 11.6. The molecule has 0 spiro atoms. The quantitative estimate of drug-likeness (QED) is 0.693. The number of hydrogen-bond acceptors (Lipinski definition) is 3. The molecule has 2 heterocycles. The summed E-state index contributed by atoms with van der Waals surface area (Å²) in [6.07, 6.45) is 2.99. The van der Waals surface area contributed by atoms with Crippen molar-refractivity contribution >= 4 is 33.3 Å². The molecule has 6 heteroatoms. The maximum absolute atomic E-state index is 5.75. The van der Waals surface area contributed by atoms with E-state index in [4.69, 9.17) is 11.6 Å². The minimum absolute atomic E-state index is 0.347. The van der Waals surface area contributed by atoms with Crippen LogP contribution in [-0.2, 0) is 0 Å². The second-order valence-electron chi connectivity index (χ2n) is 1.86. The van der Waals surface area contributed by atoms with E-state index in [0.717, 1.165) is 4.60 Å². The standard InChI is InChI=1S/C5H2BrClN4/c6-3-1-8-5-10-2-9-4(7)11(3)5/h1-2H. The monoisotopic (exact) mass is 232 g/mol. The molecule has 0 fully saturated rings. The van der Waals surface area contributed by atoms with E-state index in [9.17, 15) is 0 Å². The molecule has 0 aliphatic heterocycles. The second kappa shape index (κ2) is 2.42. The normalized spacial score (nSPS) is 10.7. The highest BCUT2D eigenvalue weighted by molar-refractivity contribution is 9.10. The van der Waals surface area contributed by atoms with Crippen LogP contribution in [0.15, 0.2) is 17.1 Å². The first-order valence-electron chi connectivity index (χ1n) is 2.78. The van der Waals surface area contributed by atoms with Crippen molar-refractivity contribution in [2.24, 2.45) is 0 Å². The fraction of sp³-hybridized carbons (Fsp3) is 0. The van der Waals surface area contributed by atoms with Crippen molar-refractivity contribution in [3.63, 3.8) is 0 Å². The highest BCUT2D eigenvalue weighted by Gasteiger charge is 2.03. The number of aromatic nitrogens is 4. The van der Waals surface area contributed by atoms with Crippen LogP contribution in [0.25, 0.3) is 5.78 Å². The maximum Gasteiger partial charge on any atom is 0.238 e. The van der Waals surface area contributed by atoms with E-state index in [0.29, 0.717) is 11.1 Å². The van der Waals surface area contributed by atoms with Crippen molar-refractivity contribution in [3.8, 4) is 0 Å². The van der Waals surface area contributed by atoms with Gasteiger partial charge in [0.15, 0.2) is 0 Å². The molecule has 11 heavy (non-hydrogen) atoms. The average molecular weight is 233 g/mol. The highest BCUT2D eigenvalue weighted by Crippen LogP contribution is 2.14. The van der Waals surface area contributed by atoms with Crippen molar-refractivity contribution in [1.82, 2.24) is 19.4 Å². The third-order valence-electron chi connectivity index (χ3n) is 1.22. The molecular formula is C5H2BrClN4. The lowest BCUT2D eigenvalue weighted by Gasteiger charge is -1.94. The van der Waals surface area contributed by atoms with E-state index >= 15 is 0 Å². The zero-order valence-corrected chi connectivity index (χ0v) is 7.54. The van der Waals surface area contributed by atoms with Gasteiger partial charge in [0.05, 0.1) is 6.20 Å². The van der Waals surface area contributed by atoms with Crippen molar-refractivity contribution in [3.05, 3.63) is 22.4 Å². The van der Waals surface area contributed by atoms with Crippen LogP contribution in [0.1, 0.15) is 0 Å². The Kier molecular flexibility index (Phi) is 1.54. The minimum Gasteiger partial charge on any atom is -0.245 e. The molecule has 0 amide bonds. The Morgan fingerprint density at radius 2 is 2.18 bits per heavy atom. The van der Waals surface area contributed by atoms with Gasteiger partial charge in [-0.25, -0.2) is 19.4 Å². The molecule has 0 saturated heterocycles. The summed E-state index contributed by atoms with van der Waals surface area (Å²) in [6.45, 7) is 0. The zero-order chi connectivity index (χ0) is 7.84. The van der Waals surface area contributed by atoms with E-state index in [2.05, 4.69) is 30.9 Å². The van der Waals surface area contributed by atoms with E-state index in [1.807, 2.05) is 0 Å². The molecule has 56 valence electrons. The van der Waals surface area contributed by atoms with Gasteiger partial charge in [0.1, 0.15) is 10.9 Å². The summed E-state index contributed by atoms with van der Waals surface area (Å²) in [5, 5.41) is 0.347. The number of nitrogens with zero attached hydrogens (tertiary/aromatic N) is 4. The Hall–Kier alpha value is -0.680. The number of halogens is 2. The van der Waals surface area contributed by atoms with Gasteiger partial charge in [0, 0.05) is 0 Å². The lowest BCUT2D eigenvalue weighted by Crippen LogP contribution is -1.92. The largest absolute Gasteiger partial charge is 0.245 e. The van der Waals surface area contributed by atoms with Gasteiger partial charge in [0.2, 0.25) is 11.1 Å². The van der Waals surface area contributed by atoms with Crippen LogP contribution in [0.2, 0.25) is 5.28 Å². The molecule has 0 saturated carbocycles. The molecule has 0 bridgehead atoms. The first-order chi connectivity index (χ1) is 5.29. The summed E-state index contributed by atoms with van der Waals surface area (Å²) in [7, 11) is 0. The second-order valence-corrected chi connectivity index (χ2v) is 3.01. The van der Waals surface area contributed by atoms with Crippen molar-refractivity contribution in [2.75, 3.05) is 0 Å². The Bertz CT molecular complexity index is 398. The first kappa shape index (κ1) is 7.00. The predicted molar refractivity (Wildman–Crippen MR) is 43.5 cm³/mol. The van der Waals surface area contributed by atoms with Crippen molar-refractivity contribution in [2.45, 2.75) is 0 Å². The summed E-state index contributed by atoms with van der Waals surface area (Å²) in [5.74, 6) is 0.539. The van der Waals surface area contributed by atoms with Gasteiger partial charge in [-0.3, -0.25) is 0 Å². The lowest BCUT2D eigenvalue weighted by molar-refractivity contribution is 0.997. The van der Waals surface area contributed by atoms with Crippen molar-refractivity contribution < 1.29 is 0 Å². The zero-order valence-electron chi connectivity index (χ0n) is 5.20. The Morgan fingerprint density at radius 3 is 2.91 bits per heavy atom. The number of imidazole rings is 1. The molecule has 2 aromatic rings. The summed E-state index contributed by atoms with van der Waals surface area (Å²) >= 11 is 9.00. The van der Waals surface area contributed by atoms with Crippen LogP contribution in [-0.4, -0.2) is 19.4 Å². The molecule has 0 atom stereocenters. The van der Waals surface area contributed by atoms with Gasteiger partial charge in [-0.05, 0) is 27.5 Å². The topological polar surface area (TPSA) is 43.1 Å². The molecular weight excluding hydrogens is 231 g/mol. The van der Waals surface area contributed by atoms with Gasteiger partial charge < -0.3 is 0 Å². The Morgan fingerprint density at radius 1 is 1.36 bits per heavy atom. The number of rotatable bonds is 0. The molecule has 2 rings (SSSR count). The fourth-order valence-corrected chi connectivity index (χ4v) is 1.51. The molecule has 0 N–H and O–H groups in total. The molecule has 0 unspecified atom stereocenters. The molecule has 2 aromatic heterocycles. The van der Waals surface area contributed by atoms with Gasteiger partial charge in [-0.15, -0.1) is 0 Å². The molecule has 0 radical (unpaired) electrons. The number of hydrogen-bond donors (Lipinski definition) is 0. The lowest BCUT2D eigenvalue weighted by atomic mass is 10.9. The van der Waals surface area contributed by atoms with Crippen LogP contribution in [0.5, 0.6) is 0 Å². The first-order valence-corrected chi connectivity index (χ1v) is 3.95. The Labute approximate surface area is 75.4 Å². The van der Waals surface area contributed by atoms with Gasteiger partial charge in [-0.1, -0.05) is 0 Å². The van der Waals surface area contributed by atoms with Crippen molar-refractivity contribution in [1.29, 1.82) is 0 Å². The van der Waals surface area contributed by atoms with Crippen LogP contribution < -0.4 is 0 Å². The van der Waals surface area contributed by atoms with E-state index in [1.165, 1.54) is 6.33 Å². The predicted octanol–water partition coefficient (Wildman–Crippen LogP) is 1.54. The molecule has 0 aliphatic carbocycles. The molecule has 0 aliphatic rings. The van der Waals surface area contributed by atoms with Crippen LogP contribution in [0.4, 0.5) is 0 Å². The fourth-order valence-electron chi connectivity index (χ4n) is 0.770. The average Bonchev–Trinajstić information content (AvgIpc) is 2.34. The minimum atomic E-state index is 0.347. The van der Waals surface area contributed by atoms with E-state index in [-0.39, 0.29) is 0 Å². The van der Waals surface area contributed by atoms with Gasteiger partial charge >= 0.3 is 0 Å². The van der Waals surface area contributed by atoms with Crippen LogP contribution in [0.3, 0.4) is 0 Å². The smallest absolute Gasteiger partial charge is 0.238 e.